The van der Waals surface area contributed by atoms with Crippen LogP contribution in [-0.4, -0.2) is 6.04 Å². The Labute approximate surface area is 413 Å². The zero-order chi connectivity index (χ0) is 46.6. The van der Waals surface area contributed by atoms with Crippen LogP contribution in [0.3, 0.4) is 0 Å². The molecule has 4 nitrogen and oxygen atoms in total. The third kappa shape index (κ3) is 8.36. The number of aryl methyl sites for hydroxylation is 1. The SMILES string of the molecule is C1=CC(N(c2ccccc2)c2ccc(N(c3ccc(N(c4ccccc4)c4cccc5c4C=CCC5)cc3)c3ccc(N(c4ccccc4)c4cccc5ccccc45)cc3)cc2)C2CCCCC2=C1. The summed E-state index contributed by atoms with van der Waals surface area (Å²) >= 11 is 0. The highest BCUT2D eigenvalue weighted by Crippen LogP contribution is 2.46. The topological polar surface area (TPSA) is 13.0 Å². The van der Waals surface area contributed by atoms with Crippen molar-refractivity contribution in [2.24, 2.45) is 5.92 Å². The molecule has 9 aromatic carbocycles. The van der Waals surface area contributed by atoms with Crippen molar-refractivity contribution in [3.63, 3.8) is 0 Å². The van der Waals surface area contributed by atoms with Gasteiger partial charge in [-0.1, -0.05) is 146 Å². The molecule has 2 unspecified atom stereocenters. The lowest BCUT2D eigenvalue weighted by molar-refractivity contribution is 0.413. The fraction of sp³-hybridized carbons (Fsp3) is 0.121. The predicted molar refractivity (Wildman–Crippen MR) is 297 cm³/mol. The van der Waals surface area contributed by atoms with Crippen molar-refractivity contribution >= 4 is 79.4 Å². The maximum absolute atomic E-state index is 2.57. The summed E-state index contributed by atoms with van der Waals surface area (Å²) in [6, 6.07) is 82.2. The van der Waals surface area contributed by atoms with Gasteiger partial charge in [-0.05, 0) is 164 Å². The molecule has 3 aliphatic rings. The molecule has 0 spiro atoms. The summed E-state index contributed by atoms with van der Waals surface area (Å²) in [5.74, 6) is 0.504. The number of hydrogen-bond donors (Lipinski definition) is 0. The minimum absolute atomic E-state index is 0.248. The first-order valence-corrected chi connectivity index (χ1v) is 25.0. The molecule has 0 aliphatic heterocycles. The van der Waals surface area contributed by atoms with Gasteiger partial charge in [-0.15, -0.1) is 0 Å². The number of rotatable bonds is 12. The number of nitrogens with zero attached hydrogens (tertiary/aromatic N) is 4. The lowest BCUT2D eigenvalue weighted by Gasteiger charge is -2.41. The van der Waals surface area contributed by atoms with Gasteiger partial charge >= 0.3 is 0 Å². The Morgan fingerprint density at radius 1 is 0.386 bits per heavy atom. The molecule has 3 aliphatic carbocycles. The van der Waals surface area contributed by atoms with E-state index in [9.17, 15) is 0 Å². The quantitative estimate of drug-likeness (QED) is 0.121. The van der Waals surface area contributed by atoms with E-state index in [1.807, 2.05) is 0 Å². The molecule has 0 N–H and O–H groups in total. The van der Waals surface area contributed by atoms with Crippen LogP contribution in [0.4, 0.5) is 62.6 Å². The van der Waals surface area contributed by atoms with Gasteiger partial charge in [0, 0.05) is 68.1 Å². The Morgan fingerprint density at radius 2 is 0.871 bits per heavy atom. The third-order valence-corrected chi connectivity index (χ3v) is 14.5. The molecule has 1 fully saturated rings. The summed E-state index contributed by atoms with van der Waals surface area (Å²) < 4.78 is 0. The van der Waals surface area contributed by atoms with Crippen LogP contribution in [0.2, 0.25) is 0 Å². The molecule has 9 aromatic rings. The molecule has 0 heterocycles. The standard InChI is InChI=1S/C66H56N4/c1-4-25-52(26-5-1)68(64-34-16-22-49-19-10-13-31-61(49)64)58-43-37-55(38-44-58)67(56-39-45-59(46-40-56)69(53-27-6-2-7-28-53)65-35-17-23-50-20-11-14-32-62(50)65)57-41-47-60(48-42-57)70(54-29-8-3-9-30-54)66-36-18-24-51-21-12-15-33-63(51)66/h1-10,13-14,16-19,22-32,34-48,63,66H,11-12,15,20-21,33H2. The summed E-state index contributed by atoms with van der Waals surface area (Å²) in [7, 11) is 0. The van der Waals surface area contributed by atoms with Crippen molar-refractivity contribution in [2.45, 2.75) is 44.6 Å². The minimum atomic E-state index is 0.248. The number of allylic oxidation sites excluding steroid dienone is 3. The summed E-state index contributed by atoms with van der Waals surface area (Å²) in [6.07, 6.45) is 18.8. The van der Waals surface area contributed by atoms with Crippen LogP contribution in [0.15, 0.2) is 254 Å². The fourth-order valence-electron chi connectivity index (χ4n) is 11.2. The molecule has 70 heavy (non-hydrogen) atoms. The smallest absolute Gasteiger partial charge is 0.0590 e. The van der Waals surface area contributed by atoms with Crippen LogP contribution < -0.4 is 19.6 Å². The average Bonchev–Trinajstić information content (AvgIpc) is 3.43. The molecule has 1 saturated carbocycles. The van der Waals surface area contributed by atoms with E-state index in [0.717, 1.165) is 58.3 Å². The zero-order valence-electron chi connectivity index (χ0n) is 39.4. The van der Waals surface area contributed by atoms with Crippen LogP contribution in [0.1, 0.15) is 43.2 Å². The molecule has 2 atom stereocenters. The molecule has 340 valence electrons. The lowest BCUT2D eigenvalue weighted by Crippen LogP contribution is -2.39. The second-order valence-electron chi connectivity index (χ2n) is 18.7. The van der Waals surface area contributed by atoms with Crippen LogP contribution >= 0.6 is 0 Å². The van der Waals surface area contributed by atoms with Crippen molar-refractivity contribution in [3.8, 4) is 0 Å². The Morgan fingerprint density at radius 3 is 1.51 bits per heavy atom. The van der Waals surface area contributed by atoms with Gasteiger partial charge in [0.15, 0.2) is 0 Å². The Kier molecular flexibility index (Phi) is 11.9. The van der Waals surface area contributed by atoms with Gasteiger partial charge in [0.2, 0.25) is 0 Å². The van der Waals surface area contributed by atoms with Crippen LogP contribution in [-0.2, 0) is 6.42 Å². The Balaban J connectivity index is 0.963. The van der Waals surface area contributed by atoms with Gasteiger partial charge < -0.3 is 19.6 Å². The Bertz CT molecular complexity index is 3320. The zero-order valence-corrected chi connectivity index (χ0v) is 39.4. The Hall–Kier alpha value is -8.34. The second-order valence-corrected chi connectivity index (χ2v) is 18.7. The minimum Gasteiger partial charge on any atom is -0.334 e. The monoisotopic (exact) mass is 904 g/mol. The molecule has 0 radical (unpaired) electrons. The predicted octanol–water partition coefficient (Wildman–Crippen LogP) is 18.4. The molecule has 0 aromatic heterocycles. The normalized spacial score (nSPS) is 15.9. The number of hydrogen-bond acceptors (Lipinski definition) is 4. The van der Waals surface area contributed by atoms with E-state index in [0.29, 0.717) is 5.92 Å². The molecule has 0 saturated heterocycles. The summed E-state index contributed by atoms with van der Waals surface area (Å²) in [5.41, 5.74) is 16.7. The van der Waals surface area contributed by atoms with Crippen molar-refractivity contribution in [2.75, 3.05) is 19.6 Å². The van der Waals surface area contributed by atoms with Crippen LogP contribution in [0.5, 0.6) is 0 Å². The highest BCUT2D eigenvalue weighted by molar-refractivity contribution is 5.99. The summed E-state index contributed by atoms with van der Waals surface area (Å²) in [4.78, 5) is 9.75. The third-order valence-electron chi connectivity index (χ3n) is 14.5. The van der Waals surface area contributed by atoms with E-state index in [4.69, 9.17) is 0 Å². The number of anilines is 11. The second kappa shape index (κ2) is 19.3. The molecule has 4 heteroatoms. The molecule has 0 amide bonds. The van der Waals surface area contributed by atoms with Gasteiger partial charge in [0.05, 0.1) is 17.4 Å². The summed E-state index contributed by atoms with van der Waals surface area (Å²) in [6.45, 7) is 0. The van der Waals surface area contributed by atoms with Crippen molar-refractivity contribution < 1.29 is 0 Å². The van der Waals surface area contributed by atoms with Crippen molar-refractivity contribution in [1.82, 2.24) is 0 Å². The number of benzene rings is 9. The van der Waals surface area contributed by atoms with E-state index in [1.54, 1.807) is 5.57 Å². The first-order valence-electron chi connectivity index (χ1n) is 25.0. The van der Waals surface area contributed by atoms with E-state index in [2.05, 4.69) is 274 Å². The van der Waals surface area contributed by atoms with Gasteiger partial charge in [0.1, 0.15) is 0 Å². The lowest BCUT2D eigenvalue weighted by atomic mass is 9.76. The molecular formula is C66H56N4. The van der Waals surface area contributed by atoms with E-state index in [1.165, 1.54) is 64.6 Å². The maximum atomic E-state index is 2.57. The first-order chi connectivity index (χ1) is 34.7. The van der Waals surface area contributed by atoms with Gasteiger partial charge in [-0.3, -0.25) is 0 Å². The summed E-state index contributed by atoms with van der Waals surface area (Å²) in [5, 5.41) is 2.42. The van der Waals surface area contributed by atoms with Gasteiger partial charge in [-0.2, -0.15) is 0 Å². The highest BCUT2D eigenvalue weighted by atomic mass is 15.2. The molecule has 12 rings (SSSR count). The number of para-hydroxylation sites is 3. The van der Waals surface area contributed by atoms with Gasteiger partial charge in [0.25, 0.3) is 0 Å². The van der Waals surface area contributed by atoms with E-state index >= 15 is 0 Å². The van der Waals surface area contributed by atoms with Gasteiger partial charge in [-0.25, -0.2) is 0 Å². The fourth-order valence-corrected chi connectivity index (χ4v) is 11.2. The number of fused-ring (bicyclic) bond motifs is 3. The first kappa shape index (κ1) is 43.0. The van der Waals surface area contributed by atoms with Crippen molar-refractivity contribution in [1.29, 1.82) is 0 Å². The largest absolute Gasteiger partial charge is 0.334 e. The van der Waals surface area contributed by atoms with E-state index in [-0.39, 0.29) is 6.04 Å². The van der Waals surface area contributed by atoms with Crippen molar-refractivity contribution in [3.05, 3.63) is 265 Å². The average molecular weight is 905 g/mol. The van der Waals surface area contributed by atoms with E-state index < -0.39 is 0 Å². The van der Waals surface area contributed by atoms with Crippen LogP contribution in [0, 0.1) is 5.92 Å². The highest BCUT2D eigenvalue weighted by Gasteiger charge is 2.33. The molecular weight excluding hydrogens is 849 g/mol. The molecule has 0 bridgehead atoms. The van der Waals surface area contributed by atoms with Crippen LogP contribution in [0.25, 0.3) is 16.8 Å². The maximum Gasteiger partial charge on any atom is 0.0590 e.